The van der Waals surface area contributed by atoms with E-state index in [4.69, 9.17) is 0 Å². The van der Waals surface area contributed by atoms with Crippen LogP contribution in [0.3, 0.4) is 0 Å². The van der Waals surface area contributed by atoms with E-state index in [2.05, 4.69) is 48.1 Å². The molecular formula is C21H25N3O2. The summed E-state index contributed by atoms with van der Waals surface area (Å²) in [5.74, 6) is 0.0635. The first-order valence-electron chi connectivity index (χ1n) is 9.35. The largest absolute Gasteiger partial charge is 0.343 e. The number of hydrogen-bond donors (Lipinski definition) is 1. The number of benzene rings is 1. The monoisotopic (exact) mass is 351 g/mol. The van der Waals surface area contributed by atoms with Crippen molar-refractivity contribution in [1.29, 1.82) is 0 Å². The molecule has 0 unspecified atom stereocenters. The van der Waals surface area contributed by atoms with Gasteiger partial charge in [0.2, 0.25) is 11.8 Å². The zero-order chi connectivity index (χ0) is 18.3. The predicted molar refractivity (Wildman–Crippen MR) is 102 cm³/mol. The molecule has 1 N–H and O–H groups in total. The Morgan fingerprint density at radius 2 is 2.08 bits per heavy atom. The summed E-state index contributed by atoms with van der Waals surface area (Å²) in [7, 11) is 0. The molecule has 2 atom stereocenters. The van der Waals surface area contributed by atoms with Gasteiger partial charge in [-0.3, -0.25) is 9.59 Å². The summed E-state index contributed by atoms with van der Waals surface area (Å²) in [6.45, 7) is 5.70. The highest BCUT2D eigenvalue weighted by atomic mass is 16.2. The SMILES string of the molecule is CC(C)=CCn1cc(C[C@H]2NC(=O)[C@H]3CCCN3C2=O)c2ccccc21. The van der Waals surface area contributed by atoms with Gasteiger partial charge in [0.1, 0.15) is 12.1 Å². The molecule has 0 spiro atoms. The second-order valence-electron chi connectivity index (χ2n) is 7.56. The number of nitrogens with zero attached hydrogens (tertiary/aromatic N) is 2. The molecule has 0 radical (unpaired) electrons. The Kier molecular flexibility index (Phi) is 4.31. The van der Waals surface area contributed by atoms with Gasteiger partial charge >= 0.3 is 0 Å². The minimum Gasteiger partial charge on any atom is -0.343 e. The standard InChI is InChI=1S/C21H25N3O2/c1-14(2)9-11-23-13-15(16-6-3-4-7-18(16)23)12-17-21(26)24-10-5-8-19(24)20(25)22-17/h3-4,6-7,9,13,17,19H,5,8,10-12H2,1-2H3,(H,22,25)/t17-,19-/m1/s1. The average Bonchev–Trinajstić information content (AvgIpc) is 3.24. The third-order valence-electron chi connectivity index (χ3n) is 5.44. The van der Waals surface area contributed by atoms with Gasteiger partial charge in [-0.05, 0) is 38.3 Å². The first-order chi connectivity index (χ1) is 12.5. The summed E-state index contributed by atoms with van der Waals surface area (Å²) < 4.78 is 2.21. The minimum atomic E-state index is -0.459. The van der Waals surface area contributed by atoms with Crippen molar-refractivity contribution in [1.82, 2.24) is 14.8 Å². The number of hydrogen-bond acceptors (Lipinski definition) is 2. The Bertz CT molecular complexity index is 892. The fourth-order valence-corrected chi connectivity index (χ4v) is 4.11. The van der Waals surface area contributed by atoms with Crippen LogP contribution in [0.15, 0.2) is 42.1 Å². The Morgan fingerprint density at radius 1 is 1.27 bits per heavy atom. The van der Waals surface area contributed by atoms with Gasteiger partial charge in [-0.25, -0.2) is 0 Å². The van der Waals surface area contributed by atoms with E-state index in [1.807, 2.05) is 12.1 Å². The summed E-state index contributed by atoms with van der Waals surface area (Å²) >= 11 is 0. The average molecular weight is 351 g/mol. The van der Waals surface area contributed by atoms with Gasteiger partial charge in [0.05, 0.1) is 0 Å². The minimum absolute atomic E-state index is 0.000351. The number of rotatable bonds is 4. The highest BCUT2D eigenvalue weighted by molar-refractivity contribution is 5.98. The lowest BCUT2D eigenvalue weighted by Gasteiger charge is -2.34. The van der Waals surface area contributed by atoms with Crippen LogP contribution in [0.4, 0.5) is 0 Å². The highest BCUT2D eigenvalue weighted by Crippen LogP contribution is 2.26. The van der Waals surface area contributed by atoms with E-state index in [1.54, 1.807) is 4.90 Å². The van der Waals surface area contributed by atoms with Crippen molar-refractivity contribution in [3.8, 4) is 0 Å². The third-order valence-corrected chi connectivity index (χ3v) is 5.44. The maximum Gasteiger partial charge on any atom is 0.246 e. The van der Waals surface area contributed by atoms with Crippen molar-refractivity contribution in [3.05, 3.63) is 47.7 Å². The lowest BCUT2D eigenvalue weighted by atomic mass is 10.0. The van der Waals surface area contributed by atoms with Crippen molar-refractivity contribution >= 4 is 22.7 Å². The van der Waals surface area contributed by atoms with E-state index >= 15 is 0 Å². The third kappa shape index (κ3) is 2.91. The molecule has 26 heavy (non-hydrogen) atoms. The molecule has 136 valence electrons. The van der Waals surface area contributed by atoms with Crippen LogP contribution < -0.4 is 5.32 Å². The molecule has 0 saturated carbocycles. The molecule has 4 rings (SSSR count). The Balaban J connectivity index is 1.64. The van der Waals surface area contributed by atoms with E-state index < -0.39 is 6.04 Å². The van der Waals surface area contributed by atoms with Crippen LogP contribution in [0, 0.1) is 0 Å². The quantitative estimate of drug-likeness (QED) is 0.861. The summed E-state index contributed by atoms with van der Waals surface area (Å²) in [6.07, 6.45) is 6.55. The molecule has 1 aromatic carbocycles. The molecule has 2 saturated heterocycles. The van der Waals surface area contributed by atoms with E-state index in [-0.39, 0.29) is 17.9 Å². The number of carbonyl (C=O) groups is 2. The van der Waals surface area contributed by atoms with Crippen LogP contribution >= 0.6 is 0 Å². The Labute approximate surface area is 153 Å². The smallest absolute Gasteiger partial charge is 0.246 e. The molecule has 2 aliphatic heterocycles. The van der Waals surface area contributed by atoms with Gasteiger partial charge in [-0.15, -0.1) is 0 Å². The fourth-order valence-electron chi connectivity index (χ4n) is 4.11. The van der Waals surface area contributed by atoms with Gasteiger partial charge in [0, 0.05) is 36.6 Å². The van der Waals surface area contributed by atoms with Crippen LogP contribution in [0.5, 0.6) is 0 Å². The van der Waals surface area contributed by atoms with Crippen LogP contribution in [0.2, 0.25) is 0 Å². The molecule has 5 heteroatoms. The molecule has 1 aromatic heterocycles. The number of nitrogens with one attached hydrogen (secondary N) is 1. The van der Waals surface area contributed by atoms with Crippen LogP contribution in [0.1, 0.15) is 32.3 Å². The van der Waals surface area contributed by atoms with Gasteiger partial charge in [-0.1, -0.05) is 29.8 Å². The van der Waals surface area contributed by atoms with Crippen molar-refractivity contribution in [3.63, 3.8) is 0 Å². The number of amides is 2. The molecule has 2 aliphatic rings. The van der Waals surface area contributed by atoms with Crippen LogP contribution in [-0.4, -0.2) is 39.9 Å². The molecule has 0 aliphatic carbocycles. The van der Waals surface area contributed by atoms with Gasteiger partial charge in [0.25, 0.3) is 0 Å². The Morgan fingerprint density at radius 3 is 2.88 bits per heavy atom. The summed E-state index contributed by atoms with van der Waals surface area (Å²) in [5, 5.41) is 4.11. The Hall–Kier alpha value is -2.56. The fraction of sp³-hybridized carbons (Fsp3) is 0.429. The first kappa shape index (κ1) is 16.9. The van der Waals surface area contributed by atoms with Crippen molar-refractivity contribution in [2.45, 2.75) is 51.7 Å². The van der Waals surface area contributed by atoms with Crippen LogP contribution in [0.25, 0.3) is 10.9 Å². The maximum atomic E-state index is 12.8. The van der Waals surface area contributed by atoms with E-state index in [9.17, 15) is 9.59 Å². The predicted octanol–water partition coefficient (Wildman–Crippen LogP) is 2.64. The van der Waals surface area contributed by atoms with Gasteiger partial charge < -0.3 is 14.8 Å². The summed E-state index contributed by atoms with van der Waals surface area (Å²) in [4.78, 5) is 26.9. The normalized spacial score (nSPS) is 22.5. The van der Waals surface area contributed by atoms with E-state index in [0.717, 1.165) is 35.9 Å². The zero-order valence-electron chi connectivity index (χ0n) is 15.4. The summed E-state index contributed by atoms with van der Waals surface area (Å²) in [5.41, 5.74) is 3.55. The molecule has 2 amide bonds. The number of carbonyl (C=O) groups excluding carboxylic acids is 2. The highest BCUT2D eigenvalue weighted by Gasteiger charge is 2.42. The van der Waals surface area contributed by atoms with E-state index in [1.165, 1.54) is 5.57 Å². The molecule has 3 heterocycles. The number of fused-ring (bicyclic) bond motifs is 2. The second-order valence-corrected chi connectivity index (χ2v) is 7.56. The number of piperazine rings is 1. The zero-order valence-corrected chi connectivity index (χ0v) is 15.4. The lowest BCUT2D eigenvalue weighted by Crippen LogP contribution is -2.61. The number of allylic oxidation sites excluding steroid dienone is 2. The molecule has 2 aromatic rings. The van der Waals surface area contributed by atoms with Gasteiger partial charge in [0.15, 0.2) is 0 Å². The second kappa shape index (κ2) is 6.63. The van der Waals surface area contributed by atoms with Gasteiger partial charge in [-0.2, -0.15) is 0 Å². The van der Waals surface area contributed by atoms with Crippen molar-refractivity contribution in [2.24, 2.45) is 0 Å². The number of aromatic nitrogens is 1. The maximum absolute atomic E-state index is 12.8. The van der Waals surface area contributed by atoms with Crippen molar-refractivity contribution < 1.29 is 9.59 Å². The summed E-state index contributed by atoms with van der Waals surface area (Å²) in [6, 6.07) is 7.55. The van der Waals surface area contributed by atoms with E-state index in [0.29, 0.717) is 13.0 Å². The molecular weight excluding hydrogens is 326 g/mol. The number of para-hydroxylation sites is 1. The molecule has 0 bridgehead atoms. The molecule has 2 fully saturated rings. The molecule has 5 nitrogen and oxygen atoms in total. The van der Waals surface area contributed by atoms with Crippen LogP contribution in [-0.2, 0) is 22.6 Å². The lowest BCUT2D eigenvalue weighted by molar-refractivity contribution is -0.146. The first-order valence-corrected chi connectivity index (χ1v) is 9.35. The van der Waals surface area contributed by atoms with Crippen molar-refractivity contribution in [2.75, 3.05) is 6.54 Å². The topological polar surface area (TPSA) is 54.3 Å².